The SMILES string of the molecule is CC1=C(C(=O)OCC(C)C)C(c2ccc(O)c([N+](=O)[O-])c2)NC(=O)N1. The lowest BCUT2D eigenvalue weighted by atomic mass is 9.95. The lowest BCUT2D eigenvalue weighted by Crippen LogP contribution is -2.45. The monoisotopic (exact) mass is 349 g/mol. The number of nitro groups is 1. The fourth-order valence-electron chi connectivity index (χ4n) is 2.40. The van der Waals surface area contributed by atoms with Gasteiger partial charge in [-0.2, -0.15) is 0 Å². The van der Waals surface area contributed by atoms with E-state index in [9.17, 15) is 24.8 Å². The van der Waals surface area contributed by atoms with E-state index in [1.54, 1.807) is 6.92 Å². The third-order valence-corrected chi connectivity index (χ3v) is 3.57. The van der Waals surface area contributed by atoms with Crippen LogP contribution in [-0.4, -0.2) is 28.6 Å². The first kappa shape index (κ1) is 18.2. The number of nitrogens with zero attached hydrogens (tertiary/aromatic N) is 1. The minimum atomic E-state index is -0.923. The summed E-state index contributed by atoms with van der Waals surface area (Å²) in [4.78, 5) is 34.5. The van der Waals surface area contributed by atoms with Crippen LogP contribution in [0.5, 0.6) is 5.75 Å². The Hall–Kier alpha value is -3.10. The highest BCUT2D eigenvalue weighted by atomic mass is 16.6. The number of hydrogen-bond acceptors (Lipinski definition) is 6. The molecule has 1 aliphatic rings. The number of carbonyl (C=O) groups excluding carboxylic acids is 2. The molecule has 2 rings (SSSR count). The Balaban J connectivity index is 2.44. The molecule has 0 fully saturated rings. The van der Waals surface area contributed by atoms with Gasteiger partial charge in [0.25, 0.3) is 0 Å². The van der Waals surface area contributed by atoms with E-state index in [2.05, 4.69) is 10.6 Å². The maximum Gasteiger partial charge on any atom is 0.338 e. The highest BCUT2D eigenvalue weighted by Gasteiger charge is 2.33. The summed E-state index contributed by atoms with van der Waals surface area (Å²) in [7, 11) is 0. The Morgan fingerprint density at radius 1 is 1.44 bits per heavy atom. The zero-order valence-electron chi connectivity index (χ0n) is 14.0. The normalized spacial score (nSPS) is 17.1. The summed E-state index contributed by atoms with van der Waals surface area (Å²) in [6.45, 7) is 5.52. The van der Waals surface area contributed by atoms with E-state index < -0.39 is 34.4 Å². The number of allylic oxidation sites excluding steroid dienone is 1. The topological polar surface area (TPSA) is 131 Å². The third kappa shape index (κ3) is 4.06. The quantitative estimate of drug-likeness (QED) is 0.424. The summed E-state index contributed by atoms with van der Waals surface area (Å²) >= 11 is 0. The Morgan fingerprint density at radius 3 is 2.72 bits per heavy atom. The largest absolute Gasteiger partial charge is 0.502 e. The van der Waals surface area contributed by atoms with Crippen molar-refractivity contribution in [3.8, 4) is 5.75 Å². The maximum absolute atomic E-state index is 12.4. The van der Waals surface area contributed by atoms with Crippen molar-refractivity contribution < 1.29 is 24.4 Å². The number of aromatic hydroxyl groups is 1. The van der Waals surface area contributed by atoms with Crippen molar-refractivity contribution in [3.63, 3.8) is 0 Å². The van der Waals surface area contributed by atoms with Gasteiger partial charge in [-0.1, -0.05) is 19.9 Å². The molecule has 0 radical (unpaired) electrons. The summed E-state index contributed by atoms with van der Waals surface area (Å²) in [6, 6.07) is 2.20. The van der Waals surface area contributed by atoms with E-state index in [0.29, 0.717) is 5.70 Å². The lowest BCUT2D eigenvalue weighted by molar-refractivity contribution is -0.385. The van der Waals surface area contributed by atoms with Gasteiger partial charge in [0.15, 0.2) is 5.75 Å². The number of carbonyl (C=O) groups is 2. The summed E-state index contributed by atoms with van der Waals surface area (Å²) in [5.74, 6) is -0.998. The first-order chi connectivity index (χ1) is 11.7. The van der Waals surface area contributed by atoms with Crippen molar-refractivity contribution in [3.05, 3.63) is 45.1 Å². The highest BCUT2D eigenvalue weighted by Crippen LogP contribution is 2.33. The van der Waals surface area contributed by atoms with E-state index in [1.807, 2.05) is 13.8 Å². The van der Waals surface area contributed by atoms with E-state index in [-0.39, 0.29) is 23.7 Å². The zero-order valence-corrected chi connectivity index (χ0v) is 14.0. The van der Waals surface area contributed by atoms with Crippen molar-refractivity contribution in [1.82, 2.24) is 10.6 Å². The second-order valence-corrected chi connectivity index (χ2v) is 6.07. The third-order valence-electron chi connectivity index (χ3n) is 3.57. The Bertz CT molecular complexity index is 756. The molecule has 1 aromatic rings. The molecule has 9 nitrogen and oxygen atoms in total. The van der Waals surface area contributed by atoms with Gasteiger partial charge in [0.05, 0.1) is 23.1 Å². The van der Waals surface area contributed by atoms with Gasteiger partial charge in [-0.3, -0.25) is 10.1 Å². The summed E-state index contributed by atoms with van der Waals surface area (Å²) < 4.78 is 5.23. The van der Waals surface area contributed by atoms with E-state index in [0.717, 1.165) is 12.1 Å². The van der Waals surface area contributed by atoms with Crippen LogP contribution in [-0.2, 0) is 9.53 Å². The van der Waals surface area contributed by atoms with E-state index >= 15 is 0 Å². The first-order valence-electron chi connectivity index (χ1n) is 7.63. The van der Waals surface area contributed by atoms with Gasteiger partial charge in [-0.15, -0.1) is 0 Å². The first-order valence-corrected chi connectivity index (χ1v) is 7.63. The number of phenolic OH excluding ortho intramolecular Hbond substituents is 1. The molecular weight excluding hydrogens is 330 g/mol. The number of nitro benzene ring substituents is 1. The summed E-state index contributed by atoms with van der Waals surface area (Å²) in [5.41, 5.74) is 0.228. The number of rotatable bonds is 5. The van der Waals surface area contributed by atoms with Crippen LogP contribution in [0.1, 0.15) is 32.4 Å². The van der Waals surface area contributed by atoms with Gasteiger partial charge in [0.2, 0.25) is 0 Å². The van der Waals surface area contributed by atoms with Crippen molar-refractivity contribution in [2.75, 3.05) is 6.61 Å². The summed E-state index contributed by atoms with van der Waals surface area (Å²) in [5, 5.41) is 25.6. The van der Waals surface area contributed by atoms with Crippen LogP contribution in [0.4, 0.5) is 10.5 Å². The number of esters is 1. The molecular formula is C16H19N3O6. The van der Waals surface area contributed by atoms with Crippen molar-refractivity contribution in [2.24, 2.45) is 5.92 Å². The predicted octanol–water partition coefficient (Wildman–Crippen LogP) is 2.13. The number of nitrogens with one attached hydrogen (secondary N) is 2. The van der Waals surface area contributed by atoms with Crippen LogP contribution in [0.3, 0.4) is 0 Å². The molecule has 1 heterocycles. The van der Waals surface area contributed by atoms with Crippen molar-refractivity contribution in [2.45, 2.75) is 26.8 Å². The molecule has 0 aliphatic carbocycles. The minimum absolute atomic E-state index is 0.129. The van der Waals surface area contributed by atoms with Crippen LogP contribution in [0, 0.1) is 16.0 Å². The fourth-order valence-corrected chi connectivity index (χ4v) is 2.40. The second-order valence-electron chi connectivity index (χ2n) is 6.07. The molecule has 9 heteroatoms. The number of benzene rings is 1. The van der Waals surface area contributed by atoms with Gasteiger partial charge < -0.3 is 20.5 Å². The molecule has 25 heavy (non-hydrogen) atoms. The van der Waals surface area contributed by atoms with Gasteiger partial charge in [-0.05, 0) is 24.5 Å². The van der Waals surface area contributed by atoms with Crippen LogP contribution >= 0.6 is 0 Å². The molecule has 1 atom stereocenters. The number of urea groups is 1. The molecule has 3 N–H and O–H groups in total. The second kappa shape index (κ2) is 7.20. The number of amides is 2. The molecule has 0 saturated heterocycles. The Kier molecular flexibility index (Phi) is 5.26. The van der Waals surface area contributed by atoms with Crippen LogP contribution < -0.4 is 10.6 Å². The molecule has 0 bridgehead atoms. The predicted molar refractivity (Wildman–Crippen MR) is 87.7 cm³/mol. The molecule has 2 amide bonds. The molecule has 0 spiro atoms. The van der Waals surface area contributed by atoms with Gasteiger partial charge in [0.1, 0.15) is 0 Å². The van der Waals surface area contributed by atoms with E-state index in [4.69, 9.17) is 4.74 Å². The number of ether oxygens (including phenoxy) is 1. The minimum Gasteiger partial charge on any atom is -0.502 e. The molecule has 0 saturated carbocycles. The molecule has 134 valence electrons. The molecule has 1 unspecified atom stereocenters. The number of phenols is 1. The molecule has 1 aromatic carbocycles. The van der Waals surface area contributed by atoms with Gasteiger partial charge in [-0.25, -0.2) is 9.59 Å². The van der Waals surface area contributed by atoms with Crippen LogP contribution in [0.25, 0.3) is 0 Å². The smallest absolute Gasteiger partial charge is 0.338 e. The number of hydrogen-bond donors (Lipinski definition) is 3. The molecule has 1 aliphatic heterocycles. The van der Waals surface area contributed by atoms with Crippen molar-refractivity contribution >= 4 is 17.7 Å². The highest BCUT2D eigenvalue weighted by molar-refractivity contribution is 5.95. The zero-order chi connectivity index (χ0) is 18.7. The molecule has 0 aromatic heterocycles. The average Bonchev–Trinajstić information content (AvgIpc) is 2.52. The lowest BCUT2D eigenvalue weighted by Gasteiger charge is -2.28. The maximum atomic E-state index is 12.4. The summed E-state index contributed by atoms with van der Waals surface area (Å²) in [6.07, 6.45) is 0. The Morgan fingerprint density at radius 2 is 2.12 bits per heavy atom. The Labute approximate surface area is 143 Å². The van der Waals surface area contributed by atoms with Crippen LogP contribution in [0.15, 0.2) is 29.5 Å². The fraction of sp³-hybridized carbons (Fsp3) is 0.375. The van der Waals surface area contributed by atoms with Gasteiger partial charge in [0, 0.05) is 11.8 Å². The van der Waals surface area contributed by atoms with Crippen molar-refractivity contribution in [1.29, 1.82) is 0 Å². The average molecular weight is 349 g/mol. The van der Waals surface area contributed by atoms with Crippen LogP contribution in [0.2, 0.25) is 0 Å². The van der Waals surface area contributed by atoms with E-state index in [1.165, 1.54) is 6.07 Å². The van der Waals surface area contributed by atoms with Gasteiger partial charge >= 0.3 is 17.7 Å². The standard InChI is InChI=1S/C16H19N3O6/c1-8(2)7-25-15(21)13-9(3)17-16(22)18-14(13)10-4-5-12(20)11(6-10)19(23)24/h4-6,8,14,20H,7H2,1-3H3,(H2,17,18,22).